The second-order valence-electron chi connectivity index (χ2n) is 4.67. The van der Waals surface area contributed by atoms with Crippen molar-refractivity contribution in [3.05, 3.63) is 11.9 Å². The molecule has 104 valence electrons. The Balaban J connectivity index is 1.88. The third-order valence-corrected chi connectivity index (χ3v) is 3.25. The van der Waals surface area contributed by atoms with Crippen molar-refractivity contribution < 1.29 is 14.7 Å². The lowest BCUT2D eigenvalue weighted by atomic mass is 10.1. The molecule has 1 aromatic heterocycles. The Hall–Kier alpha value is -1.96. The highest BCUT2D eigenvalue weighted by Crippen LogP contribution is 2.25. The van der Waals surface area contributed by atoms with Crippen LogP contribution in [0.4, 0.5) is 0 Å². The summed E-state index contributed by atoms with van der Waals surface area (Å²) in [5.41, 5.74) is 5.61. The van der Waals surface area contributed by atoms with Crippen LogP contribution >= 0.6 is 0 Å². The van der Waals surface area contributed by atoms with Gasteiger partial charge in [-0.2, -0.15) is 0 Å². The molecule has 2 atom stereocenters. The standard InChI is InChI=1S/C11H17N5O3/c12-3-4-16-6-9(14-15-16)10(17)13-8-2-1-7(5-8)11(18)19/h6-8H,1-5,12H2,(H,13,17)(H,18,19)/t7-,8+/m1/s1. The Bertz CT molecular complexity index is 473. The van der Waals surface area contributed by atoms with Crippen molar-refractivity contribution >= 4 is 11.9 Å². The quantitative estimate of drug-likeness (QED) is 0.643. The fourth-order valence-electron chi connectivity index (χ4n) is 2.24. The lowest BCUT2D eigenvalue weighted by Crippen LogP contribution is -2.33. The van der Waals surface area contributed by atoms with Crippen molar-refractivity contribution in [1.29, 1.82) is 0 Å². The van der Waals surface area contributed by atoms with Gasteiger partial charge < -0.3 is 16.2 Å². The number of hydrogen-bond donors (Lipinski definition) is 3. The first-order valence-electron chi connectivity index (χ1n) is 6.24. The van der Waals surface area contributed by atoms with E-state index in [2.05, 4.69) is 15.6 Å². The number of carboxylic acids is 1. The summed E-state index contributed by atoms with van der Waals surface area (Å²) in [6.07, 6.45) is 3.28. The van der Waals surface area contributed by atoms with Crippen molar-refractivity contribution in [2.45, 2.75) is 31.8 Å². The normalized spacial score (nSPS) is 22.4. The highest BCUT2D eigenvalue weighted by atomic mass is 16.4. The third-order valence-electron chi connectivity index (χ3n) is 3.25. The predicted molar refractivity (Wildman–Crippen MR) is 65.3 cm³/mol. The van der Waals surface area contributed by atoms with Crippen LogP contribution in [0.3, 0.4) is 0 Å². The average molecular weight is 267 g/mol. The molecular weight excluding hydrogens is 250 g/mol. The summed E-state index contributed by atoms with van der Waals surface area (Å²) in [5, 5.41) is 19.2. The van der Waals surface area contributed by atoms with Crippen LogP contribution in [0.1, 0.15) is 29.8 Å². The van der Waals surface area contributed by atoms with E-state index in [9.17, 15) is 9.59 Å². The van der Waals surface area contributed by atoms with E-state index in [1.165, 1.54) is 10.9 Å². The Morgan fingerprint density at radius 3 is 2.95 bits per heavy atom. The van der Waals surface area contributed by atoms with Crippen LogP contribution in [0.2, 0.25) is 0 Å². The Morgan fingerprint density at radius 1 is 1.53 bits per heavy atom. The maximum atomic E-state index is 11.9. The predicted octanol–water partition coefficient (Wildman–Crippen LogP) is -0.780. The van der Waals surface area contributed by atoms with Crippen molar-refractivity contribution in [2.75, 3.05) is 6.54 Å². The summed E-state index contributed by atoms with van der Waals surface area (Å²) in [6, 6.07) is -0.103. The number of aromatic nitrogens is 3. The smallest absolute Gasteiger partial charge is 0.306 e. The fraction of sp³-hybridized carbons (Fsp3) is 0.636. The zero-order chi connectivity index (χ0) is 13.8. The van der Waals surface area contributed by atoms with Crippen LogP contribution in [-0.4, -0.2) is 44.6 Å². The van der Waals surface area contributed by atoms with Crippen molar-refractivity contribution in [1.82, 2.24) is 20.3 Å². The number of nitrogens with zero attached hydrogens (tertiary/aromatic N) is 3. The molecule has 1 saturated carbocycles. The molecule has 2 rings (SSSR count). The maximum absolute atomic E-state index is 11.9. The first-order chi connectivity index (χ1) is 9.10. The van der Waals surface area contributed by atoms with E-state index in [0.717, 1.165) is 0 Å². The van der Waals surface area contributed by atoms with Gasteiger partial charge in [0.25, 0.3) is 5.91 Å². The highest BCUT2D eigenvalue weighted by Gasteiger charge is 2.31. The molecule has 1 heterocycles. The topological polar surface area (TPSA) is 123 Å². The van der Waals surface area contributed by atoms with E-state index in [1.54, 1.807) is 0 Å². The third kappa shape index (κ3) is 3.28. The van der Waals surface area contributed by atoms with Gasteiger partial charge in [-0.3, -0.25) is 14.3 Å². The van der Waals surface area contributed by atoms with E-state index in [4.69, 9.17) is 10.8 Å². The SMILES string of the molecule is NCCn1cc(C(=O)N[C@H]2CC[C@@H](C(=O)O)C2)nn1. The van der Waals surface area contributed by atoms with Crippen molar-refractivity contribution in [2.24, 2.45) is 11.7 Å². The van der Waals surface area contributed by atoms with Crippen molar-refractivity contribution in [3.63, 3.8) is 0 Å². The van der Waals surface area contributed by atoms with E-state index in [-0.39, 0.29) is 23.6 Å². The molecular formula is C11H17N5O3. The second kappa shape index (κ2) is 5.79. The van der Waals surface area contributed by atoms with E-state index < -0.39 is 5.97 Å². The molecule has 1 aliphatic carbocycles. The molecule has 8 heteroatoms. The molecule has 0 bridgehead atoms. The summed E-state index contributed by atoms with van der Waals surface area (Å²) in [4.78, 5) is 22.7. The Morgan fingerprint density at radius 2 is 2.32 bits per heavy atom. The van der Waals surface area contributed by atoms with Crippen LogP contribution in [0, 0.1) is 5.92 Å². The van der Waals surface area contributed by atoms with E-state index in [0.29, 0.717) is 32.4 Å². The van der Waals surface area contributed by atoms with Crippen LogP contribution in [-0.2, 0) is 11.3 Å². The lowest BCUT2D eigenvalue weighted by Gasteiger charge is -2.10. The molecule has 1 aromatic rings. The number of nitrogens with one attached hydrogen (secondary N) is 1. The first kappa shape index (κ1) is 13.5. The van der Waals surface area contributed by atoms with Gasteiger partial charge in [0, 0.05) is 12.6 Å². The van der Waals surface area contributed by atoms with Crippen molar-refractivity contribution in [3.8, 4) is 0 Å². The van der Waals surface area contributed by atoms with E-state index >= 15 is 0 Å². The summed E-state index contributed by atoms with van der Waals surface area (Å²) < 4.78 is 1.50. The molecule has 4 N–H and O–H groups in total. The number of nitrogens with two attached hydrogens (primary N) is 1. The summed E-state index contributed by atoms with van der Waals surface area (Å²) in [7, 11) is 0. The monoisotopic (exact) mass is 267 g/mol. The van der Waals surface area contributed by atoms with Crippen LogP contribution in [0.5, 0.6) is 0 Å². The molecule has 1 aliphatic rings. The van der Waals surface area contributed by atoms with Gasteiger partial charge in [-0.1, -0.05) is 5.21 Å². The number of carbonyl (C=O) groups excluding carboxylic acids is 1. The second-order valence-corrected chi connectivity index (χ2v) is 4.67. The molecule has 0 unspecified atom stereocenters. The number of carboxylic acid groups (broad SMARTS) is 1. The zero-order valence-corrected chi connectivity index (χ0v) is 10.5. The van der Waals surface area contributed by atoms with Gasteiger partial charge in [0.2, 0.25) is 0 Å². The highest BCUT2D eigenvalue weighted by molar-refractivity contribution is 5.92. The Labute approximate surface area is 110 Å². The minimum Gasteiger partial charge on any atom is -0.481 e. The minimum atomic E-state index is -0.800. The molecule has 0 aliphatic heterocycles. The van der Waals surface area contributed by atoms with E-state index in [1.807, 2.05) is 0 Å². The molecule has 8 nitrogen and oxygen atoms in total. The molecule has 0 saturated heterocycles. The van der Waals surface area contributed by atoms with Gasteiger partial charge in [0.1, 0.15) is 0 Å². The first-order valence-corrected chi connectivity index (χ1v) is 6.24. The summed E-state index contributed by atoms with van der Waals surface area (Å²) >= 11 is 0. The molecule has 19 heavy (non-hydrogen) atoms. The molecule has 1 fully saturated rings. The van der Waals surface area contributed by atoms with Gasteiger partial charge in [-0.25, -0.2) is 0 Å². The number of rotatable bonds is 5. The minimum absolute atomic E-state index is 0.103. The fourth-order valence-corrected chi connectivity index (χ4v) is 2.24. The number of amides is 1. The molecule has 0 radical (unpaired) electrons. The molecule has 1 amide bonds. The number of hydrogen-bond acceptors (Lipinski definition) is 5. The molecule has 0 spiro atoms. The van der Waals surface area contributed by atoms with Gasteiger partial charge in [0.05, 0.1) is 18.7 Å². The summed E-state index contributed by atoms with van der Waals surface area (Å²) in [6.45, 7) is 0.929. The zero-order valence-electron chi connectivity index (χ0n) is 10.5. The number of aliphatic carboxylic acids is 1. The lowest BCUT2D eigenvalue weighted by molar-refractivity contribution is -0.141. The van der Waals surface area contributed by atoms with Gasteiger partial charge in [-0.15, -0.1) is 5.10 Å². The average Bonchev–Trinajstić information content (AvgIpc) is 2.98. The van der Waals surface area contributed by atoms with Crippen LogP contribution in [0.25, 0.3) is 0 Å². The number of carbonyl (C=O) groups is 2. The summed E-state index contributed by atoms with van der Waals surface area (Å²) in [5.74, 6) is -1.48. The largest absolute Gasteiger partial charge is 0.481 e. The van der Waals surface area contributed by atoms with Gasteiger partial charge in [-0.05, 0) is 19.3 Å². The Kier molecular flexibility index (Phi) is 4.10. The van der Waals surface area contributed by atoms with Crippen LogP contribution < -0.4 is 11.1 Å². The molecule has 0 aromatic carbocycles. The van der Waals surface area contributed by atoms with Gasteiger partial charge in [0.15, 0.2) is 5.69 Å². The maximum Gasteiger partial charge on any atom is 0.306 e. The van der Waals surface area contributed by atoms with Crippen LogP contribution in [0.15, 0.2) is 6.20 Å². The van der Waals surface area contributed by atoms with Gasteiger partial charge >= 0.3 is 5.97 Å².